The van der Waals surface area contributed by atoms with E-state index < -0.39 is 18.3 Å². The number of aliphatic hydroxyl groups excluding tert-OH is 1. The van der Waals surface area contributed by atoms with Gasteiger partial charge in [0.2, 0.25) is 0 Å². The zero-order chi connectivity index (χ0) is 14.4. The van der Waals surface area contributed by atoms with Crippen molar-refractivity contribution in [2.24, 2.45) is 0 Å². The fraction of sp³-hybridized carbons (Fsp3) is 0.538. The van der Waals surface area contributed by atoms with E-state index in [0.717, 1.165) is 0 Å². The molecule has 1 aliphatic heterocycles. The van der Waals surface area contributed by atoms with Gasteiger partial charge in [0.05, 0.1) is 17.8 Å². The second-order valence-electron chi connectivity index (χ2n) is 5.71. The molecule has 4 nitrogen and oxygen atoms in total. The van der Waals surface area contributed by atoms with Gasteiger partial charge in [-0.2, -0.15) is 0 Å². The maximum atomic E-state index is 9.64. The van der Waals surface area contributed by atoms with Gasteiger partial charge in [-0.15, -0.1) is 0 Å². The van der Waals surface area contributed by atoms with E-state index >= 15 is 0 Å². The van der Waals surface area contributed by atoms with Gasteiger partial charge in [-0.3, -0.25) is 0 Å². The molecule has 1 saturated heterocycles. The first-order valence-electron chi connectivity index (χ1n) is 6.16. The van der Waals surface area contributed by atoms with E-state index in [9.17, 15) is 10.2 Å². The number of rotatable bonds is 2. The van der Waals surface area contributed by atoms with Crippen LogP contribution in [0.4, 0.5) is 0 Å². The van der Waals surface area contributed by atoms with Crippen molar-refractivity contribution < 1.29 is 19.5 Å². The van der Waals surface area contributed by atoms with Crippen molar-refractivity contribution in [3.05, 3.63) is 22.7 Å². The molecule has 2 rings (SSSR count). The summed E-state index contributed by atoms with van der Waals surface area (Å²) < 4.78 is 11.8. The molecule has 0 radical (unpaired) electrons. The summed E-state index contributed by atoms with van der Waals surface area (Å²) in [6.45, 7) is 7.48. The molecule has 0 unspecified atom stereocenters. The highest BCUT2D eigenvalue weighted by atomic mass is 35.5. The molecule has 0 bridgehead atoms. The van der Waals surface area contributed by atoms with E-state index in [4.69, 9.17) is 20.9 Å². The first-order chi connectivity index (χ1) is 8.69. The predicted octanol–water partition coefficient (Wildman–Crippen LogP) is 1.84. The Kier molecular flexibility index (Phi) is 3.60. The lowest BCUT2D eigenvalue weighted by atomic mass is 9.78. The standard InChI is InChI=1S/C13H18BClO4/c1-12(2)13(3,4)19-14(18-12)9-5-6-10(17)8(7-16)11(9)15/h5-6,16-17H,7H2,1-4H3. The summed E-state index contributed by atoms with van der Waals surface area (Å²) in [6, 6.07) is 3.14. The lowest BCUT2D eigenvalue weighted by Gasteiger charge is -2.32. The highest BCUT2D eigenvalue weighted by Crippen LogP contribution is 2.37. The third-order valence-electron chi connectivity index (χ3n) is 3.91. The Hall–Kier alpha value is -0.745. The van der Waals surface area contributed by atoms with E-state index in [1.54, 1.807) is 6.07 Å². The number of aromatic hydroxyl groups is 1. The van der Waals surface area contributed by atoms with Crippen LogP contribution in [0.3, 0.4) is 0 Å². The second-order valence-corrected chi connectivity index (χ2v) is 6.09. The van der Waals surface area contributed by atoms with Crippen molar-refractivity contribution in [3.8, 4) is 5.75 Å². The summed E-state index contributed by atoms with van der Waals surface area (Å²) in [5.41, 5.74) is -0.0210. The van der Waals surface area contributed by atoms with Gasteiger partial charge in [0.25, 0.3) is 0 Å². The summed E-state index contributed by atoms with van der Waals surface area (Å²) >= 11 is 6.20. The molecule has 2 N–H and O–H groups in total. The van der Waals surface area contributed by atoms with Crippen molar-refractivity contribution in [1.82, 2.24) is 0 Å². The van der Waals surface area contributed by atoms with E-state index in [0.29, 0.717) is 5.46 Å². The van der Waals surface area contributed by atoms with Gasteiger partial charge >= 0.3 is 7.12 Å². The van der Waals surface area contributed by atoms with Gasteiger partial charge in [-0.25, -0.2) is 0 Å². The van der Waals surface area contributed by atoms with Gasteiger partial charge in [0, 0.05) is 16.0 Å². The second kappa shape index (κ2) is 4.67. The molecule has 1 aromatic rings. The van der Waals surface area contributed by atoms with Crippen LogP contribution in [-0.4, -0.2) is 28.5 Å². The van der Waals surface area contributed by atoms with Crippen LogP contribution in [0.2, 0.25) is 5.02 Å². The Morgan fingerprint density at radius 1 is 1.16 bits per heavy atom. The monoisotopic (exact) mass is 284 g/mol. The smallest absolute Gasteiger partial charge is 0.496 e. The molecular formula is C13H18BClO4. The molecule has 1 fully saturated rings. The van der Waals surface area contributed by atoms with Crippen LogP contribution >= 0.6 is 11.6 Å². The highest BCUT2D eigenvalue weighted by Gasteiger charge is 2.52. The number of benzene rings is 1. The lowest BCUT2D eigenvalue weighted by Crippen LogP contribution is -2.41. The molecule has 1 heterocycles. The van der Waals surface area contributed by atoms with Crippen LogP contribution in [-0.2, 0) is 15.9 Å². The van der Waals surface area contributed by atoms with Crippen LogP contribution < -0.4 is 5.46 Å². The van der Waals surface area contributed by atoms with E-state index in [1.165, 1.54) is 6.07 Å². The van der Waals surface area contributed by atoms with Crippen molar-refractivity contribution in [1.29, 1.82) is 0 Å². The number of halogens is 1. The van der Waals surface area contributed by atoms with Gasteiger partial charge in [-0.05, 0) is 33.8 Å². The van der Waals surface area contributed by atoms with Crippen LogP contribution in [0.25, 0.3) is 0 Å². The molecule has 104 valence electrons. The number of hydrogen-bond acceptors (Lipinski definition) is 4. The molecule has 1 aliphatic rings. The molecule has 0 saturated carbocycles. The first-order valence-corrected chi connectivity index (χ1v) is 6.54. The minimum Gasteiger partial charge on any atom is -0.508 e. The number of hydrogen-bond donors (Lipinski definition) is 2. The van der Waals surface area contributed by atoms with Crippen LogP contribution in [0.1, 0.15) is 33.3 Å². The Balaban J connectivity index is 2.40. The topological polar surface area (TPSA) is 58.9 Å². The minimum absolute atomic E-state index is 0.0345. The highest BCUT2D eigenvalue weighted by molar-refractivity contribution is 6.65. The molecule has 0 amide bonds. The average Bonchev–Trinajstić information content (AvgIpc) is 2.48. The summed E-state index contributed by atoms with van der Waals surface area (Å²) in [5, 5.41) is 19.2. The molecular weight excluding hydrogens is 266 g/mol. The molecule has 0 spiro atoms. The van der Waals surface area contributed by atoms with Gasteiger partial charge in [-0.1, -0.05) is 17.7 Å². The minimum atomic E-state index is -0.608. The summed E-state index contributed by atoms with van der Waals surface area (Å²) in [6.07, 6.45) is 0. The molecule has 0 aromatic heterocycles. The van der Waals surface area contributed by atoms with Crippen LogP contribution in [0.15, 0.2) is 12.1 Å². The van der Waals surface area contributed by atoms with E-state index in [1.807, 2.05) is 27.7 Å². The fourth-order valence-corrected chi connectivity index (χ4v) is 2.24. The van der Waals surface area contributed by atoms with E-state index in [2.05, 4.69) is 0 Å². The van der Waals surface area contributed by atoms with Gasteiger partial charge < -0.3 is 19.5 Å². The first kappa shape index (κ1) is 14.7. The molecule has 0 aliphatic carbocycles. The predicted molar refractivity (Wildman–Crippen MR) is 74.8 cm³/mol. The Morgan fingerprint density at radius 3 is 2.16 bits per heavy atom. The van der Waals surface area contributed by atoms with Crippen molar-refractivity contribution in [2.45, 2.75) is 45.5 Å². The molecule has 6 heteroatoms. The Labute approximate surface area is 118 Å². The maximum absolute atomic E-state index is 9.64. The third kappa shape index (κ3) is 2.36. The van der Waals surface area contributed by atoms with Crippen LogP contribution in [0, 0.1) is 0 Å². The maximum Gasteiger partial charge on any atom is 0.496 e. The van der Waals surface area contributed by atoms with Crippen molar-refractivity contribution in [3.63, 3.8) is 0 Å². The zero-order valence-electron chi connectivity index (χ0n) is 11.5. The molecule has 19 heavy (non-hydrogen) atoms. The Morgan fingerprint density at radius 2 is 1.68 bits per heavy atom. The molecule has 0 atom stereocenters. The fourth-order valence-electron chi connectivity index (χ4n) is 1.93. The summed E-state index contributed by atoms with van der Waals surface area (Å²) in [4.78, 5) is 0. The summed E-state index contributed by atoms with van der Waals surface area (Å²) in [7, 11) is -0.608. The van der Waals surface area contributed by atoms with Crippen molar-refractivity contribution in [2.75, 3.05) is 0 Å². The molecule has 1 aromatic carbocycles. The van der Waals surface area contributed by atoms with Crippen LogP contribution in [0.5, 0.6) is 5.75 Å². The largest absolute Gasteiger partial charge is 0.508 e. The SMILES string of the molecule is CC1(C)OB(c2ccc(O)c(CO)c2Cl)OC1(C)C. The average molecular weight is 285 g/mol. The van der Waals surface area contributed by atoms with Gasteiger partial charge in [0.1, 0.15) is 5.75 Å². The van der Waals surface area contributed by atoms with Crippen molar-refractivity contribution >= 4 is 24.2 Å². The summed E-state index contributed by atoms with van der Waals surface area (Å²) in [5.74, 6) is -0.0345. The zero-order valence-corrected chi connectivity index (χ0v) is 12.3. The quantitative estimate of drug-likeness (QED) is 0.814. The Bertz CT molecular complexity index is 486. The normalized spacial score (nSPS) is 20.8. The number of aliphatic hydroxyl groups is 1. The van der Waals surface area contributed by atoms with E-state index in [-0.39, 0.29) is 22.9 Å². The third-order valence-corrected chi connectivity index (χ3v) is 4.36. The lowest BCUT2D eigenvalue weighted by molar-refractivity contribution is 0.00578. The number of phenols is 1. The van der Waals surface area contributed by atoms with Gasteiger partial charge in [0.15, 0.2) is 0 Å².